The predicted octanol–water partition coefficient (Wildman–Crippen LogP) is 0.972. The molecule has 0 saturated heterocycles. The molecule has 0 radical (unpaired) electrons. The Kier molecular flexibility index (Phi) is 7.29. The van der Waals surface area contributed by atoms with Gasteiger partial charge in [-0.05, 0) is 11.6 Å². The van der Waals surface area contributed by atoms with Crippen molar-refractivity contribution >= 4 is 0 Å². The van der Waals surface area contributed by atoms with Crippen LogP contribution in [-0.2, 0) is 16.0 Å². The van der Waals surface area contributed by atoms with E-state index in [0.717, 1.165) is 12.0 Å². The van der Waals surface area contributed by atoms with E-state index in [4.69, 9.17) is 19.9 Å². The van der Waals surface area contributed by atoms with Crippen molar-refractivity contribution in [2.24, 2.45) is 5.73 Å². The van der Waals surface area contributed by atoms with Crippen LogP contribution in [0.4, 0.5) is 0 Å². The molecule has 0 aromatic carbocycles. The van der Waals surface area contributed by atoms with Gasteiger partial charge in [0.25, 0.3) is 0 Å². The van der Waals surface area contributed by atoms with E-state index in [9.17, 15) is 0 Å². The van der Waals surface area contributed by atoms with Crippen LogP contribution >= 0.6 is 0 Å². The number of rotatable bonds is 9. The van der Waals surface area contributed by atoms with Gasteiger partial charge in [-0.3, -0.25) is 0 Å². The van der Waals surface area contributed by atoms with Crippen molar-refractivity contribution in [1.82, 2.24) is 4.98 Å². The molecule has 0 aliphatic rings. The molecule has 1 aromatic rings. The van der Waals surface area contributed by atoms with Crippen molar-refractivity contribution in [2.45, 2.75) is 13.0 Å². The predicted molar refractivity (Wildman–Crippen MR) is 64.9 cm³/mol. The van der Waals surface area contributed by atoms with Crippen LogP contribution in [0, 0.1) is 0 Å². The summed E-state index contributed by atoms with van der Waals surface area (Å²) in [6.45, 7) is 3.01. The zero-order valence-electron chi connectivity index (χ0n) is 10.2. The molecule has 0 spiro atoms. The summed E-state index contributed by atoms with van der Waals surface area (Å²) in [6.07, 6.45) is 2.53. The quantitative estimate of drug-likeness (QED) is 0.651. The molecule has 1 rings (SSSR count). The molecule has 17 heavy (non-hydrogen) atoms. The van der Waals surface area contributed by atoms with Gasteiger partial charge in [-0.1, -0.05) is 0 Å². The van der Waals surface area contributed by atoms with Crippen LogP contribution in [0.3, 0.4) is 0 Å². The number of hydrogen-bond donors (Lipinski definition) is 1. The molecule has 2 N–H and O–H groups in total. The van der Waals surface area contributed by atoms with E-state index in [-0.39, 0.29) is 0 Å². The minimum absolute atomic E-state index is 0.499. The lowest BCUT2D eigenvalue weighted by molar-refractivity contribution is 0.0642. The lowest BCUT2D eigenvalue weighted by atomic mass is 10.3. The van der Waals surface area contributed by atoms with Crippen molar-refractivity contribution in [3.05, 3.63) is 23.9 Å². The van der Waals surface area contributed by atoms with Crippen LogP contribution in [0.25, 0.3) is 0 Å². The second-order valence-electron chi connectivity index (χ2n) is 3.51. The largest absolute Gasteiger partial charge is 0.478 e. The Balaban J connectivity index is 2.09. The van der Waals surface area contributed by atoms with E-state index in [1.165, 1.54) is 0 Å². The smallest absolute Gasteiger partial charge is 0.213 e. The zero-order valence-corrected chi connectivity index (χ0v) is 10.2. The van der Waals surface area contributed by atoms with Gasteiger partial charge in [0.1, 0.15) is 0 Å². The molecule has 0 fully saturated rings. The van der Waals surface area contributed by atoms with Gasteiger partial charge in [-0.25, -0.2) is 4.98 Å². The lowest BCUT2D eigenvalue weighted by Gasteiger charge is -2.06. The highest BCUT2D eigenvalue weighted by Gasteiger charge is 1.97. The SMILES string of the molecule is COCCOCCCOc1cc(CN)ccn1. The third-order valence-corrected chi connectivity index (χ3v) is 2.15. The van der Waals surface area contributed by atoms with E-state index < -0.39 is 0 Å². The first-order valence-corrected chi connectivity index (χ1v) is 5.71. The summed E-state index contributed by atoms with van der Waals surface area (Å²) < 4.78 is 15.7. The Bertz CT molecular complexity index is 308. The molecule has 0 amide bonds. The molecule has 0 bridgehead atoms. The summed E-state index contributed by atoms with van der Waals surface area (Å²) in [7, 11) is 1.66. The summed E-state index contributed by atoms with van der Waals surface area (Å²) in [5.74, 6) is 0.616. The second kappa shape index (κ2) is 8.92. The Morgan fingerprint density at radius 2 is 2.12 bits per heavy atom. The topological polar surface area (TPSA) is 66.6 Å². The monoisotopic (exact) mass is 240 g/mol. The van der Waals surface area contributed by atoms with E-state index in [1.54, 1.807) is 13.3 Å². The molecule has 5 heteroatoms. The molecule has 1 aromatic heterocycles. The maximum absolute atomic E-state index is 5.53. The summed E-state index contributed by atoms with van der Waals surface area (Å²) in [5.41, 5.74) is 6.55. The maximum Gasteiger partial charge on any atom is 0.213 e. The van der Waals surface area contributed by atoms with E-state index in [0.29, 0.717) is 38.9 Å². The third kappa shape index (κ3) is 6.21. The summed E-state index contributed by atoms with van der Waals surface area (Å²) in [4.78, 5) is 4.10. The van der Waals surface area contributed by atoms with Gasteiger partial charge in [-0.2, -0.15) is 0 Å². The fourth-order valence-corrected chi connectivity index (χ4v) is 1.24. The minimum Gasteiger partial charge on any atom is -0.478 e. The minimum atomic E-state index is 0.499. The van der Waals surface area contributed by atoms with Crippen LogP contribution < -0.4 is 10.5 Å². The van der Waals surface area contributed by atoms with Crippen molar-refractivity contribution in [2.75, 3.05) is 33.5 Å². The van der Waals surface area contributed by atoms with Crippen LogP contribution in [0.1, 0.15) is 12.0 Å². The van der Waals surface area contributed by atoms with Gasteiger partial charge in [0.05, 0.1) is 19.8 Å². The third-order valence-electron chi connectivity index (χ3n) is 2.15. The molecule has 0 unspecified atom stereocenters. The number of nitrogens with two attached hydrogens (primary N) is 1. The first kappa shape index (κ1) is 13.9. The van der Waals surface area contributed by atoms with E-state index in [1.807, 2.05) is 12.1 Å². The zero-order chi connectivity index (χ0) is 12.3. The van der Waals surface area contributed by atoms with Crippen molar-refractivity contribution < 1.29 is 14.2 Å². The van der Waals surface area contributed by atoms with Crippen molar-refractivity contribution in [3.63, 3.8) is 0 Å². The molecular formula is C12H20N2O3. The van der Waals surface area contributed by atoms with Gasteiger partial charge >= 0.3 is 0 Å². The Labute approximate surface area is 102 Å². The molecule has 0 atom stereocenters. The van der Waals surface area contributed by atoms with Gasteiger partial charge in [0, 0.05) is 38.9 Å². The first-order valence-electron chi connectivity index (χ1n) is 5.71. The van der Waals surface area contributed by atoms with Gasteiger partial charge in [0.2, 0.25) is 5.88 Å². The van der Waals surface area contributed by atoms with Gasteiger partial charge < -0.3 is 19.9 Å². The van der Waals surface area contributed by atoms with Crippen molar-refractivity contribution in [3.8, 4) is 5.88 Å². The Hall–Kier alpha value is -1.17. The Morgan fingerprint density at radius 1 is 1.24 bits per heavy atom. The van der Waals surface area contributed by atoms with E-state index >= 15 is 0 Å². The van der Waals surface area contributed by atoms with Crippen molar-refractivity contribution in [1.29, 1.82) is 0 Å². The number of ether oxygens (including phenoxy) is 3. The maximum atomic E-state index is 5.53. The molecule has 0 aliphatic heterocycles. The van der Waals surface area contributed by atoms with Crippen LogP contribution in [0.2, 0.25) is 0 Å². The second-order valence-corrected chi connectivity index (χ2v) is 3.51. The van der Waals surface area contributed by atoms with E-state index in [2.05, 4.69) is 4.98 Å². The molecule has 0 saturated carbocycles. The molecule has 5 nitrogen and oxygen atoms in total. The fourth-order valence-electron chi connectivity index (χ4n) is 1.24. The van der Waals surface area contributed by atoms with Gasteiger partial charge in [-0.15, -0.1) is 0 Å². The first-order chi connectivity index (χ1) is 8.36. The summed E-state index contributed by atoms with van der Waals surface area (Å²) >= 11 is 0. The van der Waals surface area contributed by atoms with Crippen LogP contribution in [0.5, 0.6) is 5.88 Å². The molecule has 1 heterocycles. The number of pyridine rings is 1. The molecule has 96 valence electrons. The highest BCUT2D eigenvalue weighted by Crippen LogP contribution is 2.08. The lowest BCUT2D eigenvalue weighted by Crippen LogP contribution is -2.07. The van der Waals surface area contributed by atoms with Gasteiger partial charge in [0.15, 0.2) is 0 Å². The molecular weight excluding hydrogens is 220 g/mol. The van der Waals surface area contributed by atoms with Crippen LogP contribution in [0.15, 0.2) is 18.3 Å². The average Bonchev–Trinajstić information content (AvgIpc) is 2.38. The summed E-state index contributed by atoms with van der Waals surface area (Å²) in [5, 5.41) is 0. The Morgan fingerprint density at radius 3 is 2.88 bits per heavy atom. The molecule has 0 aliphatic carbocycles. The highest BCUT2D eigenvalue weighted by atomic mass is 16.5. The number of nitrogens with zero attached hydrogens (tertiary/aromatic N) is 1. The standard InChI is InChI=1S/C12H20N2O3/c1-15-7-8-16-5-2-6-17-12-9-11(10-13)3-4-14-12/h3-4,9H,2,5-8,10,13H2,1H3. The number of hydrogen-bond acceptors (Lipinski definition) is 5. The fraction of sp³-hybridized carbons (Fsp3) is 0.583. The van der Waals surface area contributed by atoms with Crippen LogP contribution in [-0.4, -0.2) is 38.5 Å². The highest BCUT2D eigenvalue weighted by molar-refractivity contribution is 5.19. The average molecular weight is 240 g/mol. The number of aromatic nitrogens is 1. The number of methoxy groups -OCH3 is 1. The summed E-state index contributed by atoms with van der Waals surface area (Å²) in [6, 6.07) is 3.73. The normalized spacial score (nSPS) is 10.5.